The molecule has 5 nitrogen and oxygen atoms in total. The molecule has 1 N–H and O–H groups in total. The molecule has 16 heavy (non-hydrogen) atoms. The molecule has 0 aromatic rings. The molecular formula is C11H22N2O3. The number of carbonyl (C=O) groups is 1. The highest BCUT2D eigenvalue weighted by Gasteiger charge is 2.26. The van der Waals surface area contributed by atoms with E-state index in [0.29, 0.717) is 19.8 Å². The Labute approximate surface area is 97.0 Å². The zero-order valence-corrected chi connectivity index (χ0v) is 10.6. The van der Waals surface area contributed by atoms with E-state index in [2.05, 4.69) is 5.48 Å². The predicted molar refractivity (Wildman–Crippen MR) is 61.0 cm³/mol. The molecule has 1 atom stereocenters. The molecule has 1 aliphatic heterocycles. The fourth-order valence-electron chi connectivity index (χ4n) is 1.72. The van der Waals surface area contributed by atoms with Crippen molar-refractivity contribution in [1.29, 1.82) is 0 Å². The van der Waals surface area contributed by atoms with Gasteiger partial charge in [0.25, 0.3) is 0 Å². The number of hydrogen-bond acceptors (Lipinski definition) is 3. The van der Waals surface area contributed by atoms with Crippen LogP contribution < -0.4 is 5.48 Å². The minimum Gasteiger partial charge on any atom is -0.379 e. The van der Waals surface area contributed by atoms with E-state index in [9.17, 15) is 4.79 Å². The molecule has 94 valence electrons. The third-order valence-electron chi connectivity index (χ3n) is 2.57. The van der Waals surface area contributed by atoms with Gasteiger partial charge < -0.3 is 9.64 Å². The Morgan fingerprint density at radius 1 is 1.56 bits per heavy atom. The van der Waals surface area contributed by atoms with E-state index >= 15 is 0 Å². The van der Waals surface area contributed by atoms with Crippen LogP contribution in [0.15, 0.2) is 0 Å². The quantitative estimate of drug-likeness (QED) is 0.748. The summed E-state index contributed by atoms with van der Waals surface area (Å²) in [5.74, 6) is 0. The first-order valence-corrected chi connectivity index (χ1v) is 5.76. The molecule has 2 amide bonds. The number of nitrogens with zero attached hydrogens (tertiary/aromatic N) is 1. The summed E-state index contributed by atoms with van der Waals surface area (Å²) in [6.45, 7) is 9.85. The van der Waals surface area contributed by atoms with Crippen molar-refractivity contribution in [3.63, 3.8) is 0 Å². The van der Waals surface area contributed by atoms with Crippen LogP contribution >= 0.6 is 0 Å². The van der Waals surface area contributed by atoms with Gasteiger partial charge in [-0.3, -0.25) is 4.84 Å². The zero-order chi connectivity index (χ0) is 12.2. The van der Waals surface area contributed by atoms with E-state index in [4.69, 9.17) is 9.57 Å². The van der Waals surface area contributed by atoms with Gasteiger partial charge >= 0.3 is 6.03 Å². The Hall–Kier alpha value is -0.810. The number of urea groups is 1. The summed E-state index contributed by atoms with van der Waals surface area (Å²) in [5.41, 5.74) is 2.29. The van der Waals surface area contributed by atoms with E-state index in [-0.39, 0.29) is 17.7 Å². The molecule has 1 saturated heterocycles. The van der Waals surface area contributed by atoms with Crippen molar-refractivity contribution in [2.75, 3.05) is 19.8 Å². The van der Waals surface area contributed by atoms with Crippen LogP contribution in [0.4, 0.5) is 4.79 Å². The Morgan fingerprint density at radius 3 is 2.69 bits per heavy atom. The van der Waals surface area contributed by atoms with Crippen molar-refractivity contribution >= 4 is 6.03 Å². The second kappa shape index (κ2) is 5.50. The first-order chi connectivity index (χ1) is 7.45. The van der Waals surface area contributed by atoms with Crippen LogP contribution in [-0.4, -0.2) is 42.3 Å². The molecule has 0 aliphatic carbocycles. The summed E-state index contributed by atoms with van der Waals surface area (Å²) in [6, 6.07) is -0.193. The fourth-order valence-corrected chi connectivity index (χ4v) is 1.72. The van der Waals surface area contributed by atoms with Gasteiger partial charge in [-0.15, -0.1) is 0 Å². The van der Waals surface area contributed by atoms with E-state index in [0.717, 1.165) is 6.42 Å². The van der Waals surface area contributed by atoms with Crippen LogP contribution in [0.2, 0.25) is 0 Å². The number of nitrogens with one attached hydrogen (secondary N) is 1. The molecule has 1 aliphatic rings. The maximum Gasteiger partial charge on any atom is 0.341 e. The van der Waals surface area contributed by atoms with Gasteiger partial charge in [-0.25, -0.2) is 10.3 Å². The molecule has 0 radical (unpaired) electrons. The summed E-state index contributed by atoms with van der Waals surface area (Å²) in [4.78, 5) is 18.8. The smallest absolute Gasteiger partial charge is 0.341 e. The van der Waals surface area contributed by atoms with Crippen molar-refractivity contribution in [3.8, 4) is 0 Å². The third kappa shape index (κ3) is 3.64. The Balaban J connectivity index is 2.37. The van der Waals surface area contributed by atoms with Gasteiger partial charge in [-0.05, 0) is 27.7 Å². The lowest BCUT2D eigenvalue weighted by Crippen LogP contribution is -2.50. The second-order valence-electron chi connectivity index (χ2n) is 4.93. The molecule has 0 aromatic carbocycles. The molecule has 1 rings (SSSR count). The summed E-state index contributed by atoms with van der Waals surface area (Å²) in [6.07, 6.45) is 0.824. The first kappa shape index (κ1) is 13.3. The topological polar surface area (TPSA) is 50.8 Å². The number of rotatable bonds is 3. The van der Waals surface area contributed by atoms with Crippen molar-refractivity contribution in [3.05, 3.63) is 0 Å². The van der Waals surface area contributed by atoms with Crippen LogP contribution in [0.5, 0.6) is 0 Å². The summed E-state index contributed by atoms with van der Waals surface area (Å²) >= 11 is 0. The minimum absolute atomic E-state index is 0.0115. The molecule has 5 heteroatoms. The van der Waals surface area contributed by atoms with Crippen LogP contribution in [0.1, 0.15) is 34.1 Å². The molecule has 0 spiro atoms. The number of amides is 2. The lowest BCUT2D eigenvalue weighted by Gasteiger charge is -2.34. The molecule has 1 fully saturated rings. The van der Waals surface area contributed by atoms with Gasteiger partial charge in [0.15, 0.2) is 0 Å². The maximum atomic E-state index is 11.8. The Bertz CT molecular complexity index is 232. The minimum atomic E-state index is -0.200. The Morgan fingerprint density at radius 2 is 2.25 bits per heavy atom. The van der Waals surface area contributed by atoms with Crippen LogP contribution in [0.3, 0.4) is 0 Å². The van der Waals surface area contributed by atoms with Gasteiger partial charge in [0, 0.05) is 25.1 Å². The van der Waals surface area contributed by atoms with Gasteiger partial charge in [0.1, 0.15) is 6.10 Å². The number of ether oxygens (including phenoxy) is 1. The third-order valence-corrected chi connectivity index (χ3v) is 2.57. The standard InChI is InChI=1S/C11H22N2O3/c1-5-13(11(2,3)4)10(14)12-16-9-6-7-15-8-9/h9H,5-8H2,1-4H3,(H,12,14)/t9-/m1/s1. The van der Waals surface area contributed by atoms with Gasteiger partial charge in [0.05, 0.1) is 6.61 Å². The lowest BCUT2D eigenvalue weighted by atomic mass is 10.1. The fraction of sp³-hybridized carbons (Fsp3) is 0.909. The number of hydrogen-bond donors (Lipinski definition) is 1. The summed E-state index contributed by atoms with van der Waals surface area (Å²) in [7, 11) is 0. The molecular weight excluding hydrogens is 208 g/mol. The van der Waals surface area contributed by atoms with Crippen molar-refractivity contribution in [2.45, 2.75) is 45.8 Å². The first-order valence-electron chi connectivity index (χ1n) is 5.76. The van der Waals surface area contributed by atoms with Gasteiger partial charge in [-0.1, -0.05) is 0 Å². The van der Waals surface area contributed by atoms with E-state index in [1.165, 1.54) is 0 Å². The lowest BCUT2D eigenvalue weighted by molar-refractivity contribution is -0.0202. The highest BCUT2D eigenvalue weighted by Crippen LogP contribution is 2.13. The van der Waals surface area contributed by atoms with Crippen LogP contribution in [0, 0.1) is 0 Å². The Kier molecular flexibility index (Phi) is 4.56. The molecule has 1 heterocycles. The normalized spacial score (nSPS) is 20.9. The average molecular weight is 230 g/mol. The largest absolute Gasteiger partial charge is 0.379 e. The van der Waals surface area contributed by atoms with E-state index in [1.54, 1.807) is 4.90 Å². The number of hydroxylamine groups is 1. The average Bonchev–Trinajstić information content (AvgIpc) is 2.65. The van der Waals surface area contributed by atoms with Crippen molar-refractivity contribution in [2.24, 2.45) is 0 Å². The van der Waals surface area contributed by atoms with Crippen molar-refractivity contribution in [1.82, 2.24) is 10.4 Å². The number of carbonyl (C=O) groups excluding carboxylic acids is 1. The molecule has 0 bridgehead atoms. The maximum absolute atomic E-state index is 11.8. The second-order valence-corrected chi connectivity index (χ2v) is 4.93. The highest BCUT2D eigenvalue weighted by molar-refractivity contribution is 5.73. The summed E-state index contributed by atoms with van der Waals surface area (Å²) < 4.78 is 5.15. The molecule has 0 saturated carbocycles. The van der Waals surface area contributed by atoms with Crippen LogP contribution in [0.25, 0.3) is 0 Å². The van der Waals surface area contributed by atoms with Crippen molar-refractivity contribution < 1.29 is 14.4 Å². The van der Waals surface area contributed by atoms with E-state index < -0.39 is 0 Å². The SMILES string of the molecule is CCN(C(=O)NO[C@@H]1CCOC1)C(C)(C)C. The molecule has 0 unspecified atom stereocenters. The van der Waals surface area contributed by atoms with Gasteiger partial charge in [0.2, 0.25) is 0 Å². The molecule has 0 aromatic heterocycles. The van der Waals surface area contributed by atoms with E-state index in [1.807, 2.05) is 27.7 Å². The van der Waals surface area contributed by atoms with Gasteiger partial charge in [-0.2, -0.15) is 0 Å². The summed E-state index contributed by atoms with van der Waals surface area (Å²) in [5, 5.41) is 0. The van der Waals surface area contributed by atoms with Crippen LogP contribution in [-0.2, 0) is 9.57 Å². The highest BCUT2D eigenvalue weighted by atomic mass is 16.7. The monoisotopic (exact) mass is 230 g/mol. The zero-order valence-electron chi connectivity index (χ0n) is 10.6. The predicted octanol–water partition coefficient (Wildman–Crippen LogP) is 1.54.